The molecule has 0 spiro atoms. The number of nitrogens with zero attached hydrogens (tertiary/aromatic N) is 1. The summed E-state index contributed by atoms with van der Waals surface area (Å²) in [6.07, 6.45) is 0. The fourth-order valence-electron chi connectivity index (χ4n) is 1.83. The summed E-state index contributed by atoms with van der Waals surface area (Å²) in [5.74, 6) is -1.11. The van der Waals surface area contributed by atoms with Crippen LogP contribution in [0.3, 0.4) is 0 Å². The number of hydrogen-bond acceptors (Lipinski definition) is 2. The minimum Gasteiger partial charge on any atom is -0.332 e. The fourth-order valence-corrected chi connectivity index (χ4v) is 1.96. The van der Waals surface area contributed by atoms with E-state index in [0.717, 1.165) is 0 Å². The highest BCUT2D eigenvalue weighted by Crippen LogP contribution is 2.13. The van der Waals surface area contributed by atoms with Crippen LogP contribution < -0.4 is 5.32 Å². The number of halogens is 2. The molecule has 2 rings (SSSR count). The zero-order valence-corrected chi connectivity index (χ0v) is 12.6. The molecular weight excluding hydrogens is 307 g/mol. The van der Waals surface area contributed by atoms with Gasteiger partial charge in [0.1, 0.15) is 5.82 Å². The summed E-state index contributed by atoms with van der Waals surface area (Å²) in [5, 5.41) is 3.23. The zero-order chi connectivity index (χ0) is 16.1. The summed E-state index contributed by atoms with van der Waals surface area (Å²) in [7, 11) is 1.51. The standard InChI is InChI=1S/C16H14ClFN2O2/c1-20(16(22)11-2-6-13(18)7-3-11)10-15(21)19-14-8-4-12(17)5-9-14/h2-9H,10H2,1H3,(H,19,21). The van der Waals surface area contributed by atoms with Crippen LogP contribution in [0, 0.1) is 5.82 Å². The molecule has 22 heavy (non-hydrogen) atoms. The van der Waals surface area contributed by atoms with Gasteiger partial charge in [-0.3, -0.25) is 9.59 Å². The largest absolute Gasteiger partial charge is 0.332 e. The molecule has 2 aromatic carbocycles. The molecule has 0 saturated carbocycles. The number of anilines is 1. The molecule has 0 atom stereocenters. The average Bonchev–Trinajstić information content (AvgIpc) is 2.49. The third kappa shape index (κ3) is 4.30. The van der Waals surface area contributed by atoms with Crippen LogP contribution in [-0.2, 0) is 4.79 Å². The van der Waals surface area contributed by atoms with Gasteiger partial charge in [-0.1, -0.05) is 11.6 Å². The molecular formula is C16H14ClFN2O2. The third-order valence-electron chi connectivity index (χ3n) is 2.95. The van der Waals surface area contributed by atoms with Gasteiger partial charge in [0.2, 0.25) is 5.91 Å². The quantitative estimate of drug-likeness (QED) is 0.940. The monoisotopic (exact) mass is 320 g/mol. The van der Waals surface area contributed by atoms with Gasteiger partial charge in [-0.2, -0.15) is 0 Å². The minimum absolute atomic E-state index is 0.112. The van der Waals surface area contributed by atoms with Gasteiger partial charge < -0.3 is 10.2 Å². The van der Waals surface area contributed by atoms with E-state index in [9.17, 15) is 14.0 Å². The van der Waals surface area contributed by atoms with E-state index >= 15 is 0 Å². The van der Waals surface area contributed by atoms with E-state index in [1.165, 1.54) is 36.2 Å². The summed E-state index contributed by atoms with van der Waals surface area (Å²) in [6.45, 7) is -0.112. The predicted octanol–water partition coefficient (Wildman–Crippen LogP) is 3.19. The third-order valence-corrected chi connectivity index (χ3v) is 3.20. The number of likely N-dealkylation sites (N-methyl/N-ethyl adjacent to an activating group) is 1. The number of nitrogens with one attached hydrogen (secondary N) is 1. The SMILES string of the molecule is CN(CC(=O)Nc1ccc(Cl)cc1)C(=O)c1ccc(F)cc1. The minimum atomic E-state index is -0.417. The molecule has 0 unspecified atom stereocenters. The normalized spacial score (nSPS) is 10.1. The Balaban J connectivity index is 1.94. The van der Waals surface area contributed by atoms with Crippen LogP contribution in [0.5, 0.6) is 0 Å². The van der Waals surface area contributed by atoms with E-state index in [-0.39, 0.29) is 18.4 Å². The first-order valence-electron chi connectivity index (χ1n) is 6.52. The van der Waals surface area contributed by atoms with E-state index in [2.05, 4.69) is 5.32 Å². The van der Waals surface area contributed by atoms with Crippen LogP contribution in [-0.4, -0.2) is 30.3 Å². The Kier molecular flexibility index (Phi) is 5.12. The van der Waals surface area contributed by atoms with Gasteiger partial charge in [0, 0.05) is 23.3 Å². The van der Waals surface area contributed by atoms with Gasteiger partial charge in [-0.15, -0.1) is 0 Å². The van der Waals surface area contributed by atoms with Gasteiger partial charge in [-0.25, -0.2) is 4.39 Å². The molecule has 0 radical (unpaired) electrons. The summed E-state index contributed by atoms with van der Waals surface area (Å²) in [5.41, 5.74) is 0.917. The molecule has 0 saturated heterocycles. The van der Waals surface area contributed by atoms with Crippen molar-refractivity contribution in [1.29, 1.82) is 0 Å². The molecule has 1 N–H and O–H groups in total. The molecule has 0 aliphatic heterocycles. The Morgan fingerprint density at radius 2 is 1.68 bits per heavy atom. The van der Waals surface area contributed by atoms with Crippen LogP contribution in [0.25, 0.3) is 0 Å². The summed E-state index contributed by atoms with van der Waals surface area (Å²) in [4.78, 5) is 25.3. The molecule has 0 bridgehead atoms. The Morgan fingerprint density at radius 3 is 2.27 bits per heavy atom. The van der Waals surface area contributed by atoms with Crippen molar-refractivity contribution in [3.8, 4) is 0 Å². The Hall–Kier alpha value is -2.40. The second kappa shape index (κ2) is 7.04. The van der Waals surface area contributed by atoms with Crippen LogP contribution in [0.1, 0.15) is 10.4 Å². The van der Waals surface area contributed by atoms with Gasteiger partial charge in [0.05, 0.1) is 6.54 Å². The van der Waals surface area contributed by atoms with Gasteiger partial charge in [-0.05, 0) is 48.5 Å². The van der Waals surface area contributed by atoms with Gasteiger partial charge in [0.25, 0.3) is 5.91 Å². The molecule has 6 heteroatoms. The molecule has 4 nitrogen and oxygen atoms in total. The molecule has 0 aliphatic carbocycles. The highest BCUT2D eigenvalue weighted by Gasteiger charge is 2.15. The van der Waals surface area contributed by atoms with Crippen molar-refractivity contribution < 1.29 is 14.0 Å². The Labute approximate surface area is 132 Å². The molecule has 0 heterocycles. The summed E-state index contributed by atoms with van der Waals surface area (Å²) < 4.78 is 12.8. The number of carbonyl (C=O) groups is 2. The van der Waals surface area contributed by atoms with Crippen molar-refractivity contribution in [3.05, 3.63) is 64.9 Å². The number of hydrogen-bond donors (Lipinski definition) is 1. The number of carbonyl (C=O) groups excluding carboxylic acids is 2. The van der Waals surface area contributed by atoms with Gasteiger partial charge in [0.15, 0.2) is 0 Å². The highest BCUT2D eigenvalue weighted by molar-refractivity contribution is 6.30. The molecule has 114 valence electrons. The second-order valence-corrected chi connectivity index (χ2v) is 5.16. The average molecular weight is 321 g/mol. The van der Waals surface area contributed by atoms with Crippen molar-refractivity contribution in [1.82, 2.24) is 4.90 Å². The highest BCUT2D eigenvalue weighted by atomic mass is 35.5. The Morgan fingerprint density at radius 1 is 1.09 bits per heavy atom. The summed E-state index contributed by atoms with van der Waals surface area (Å²) >= 11 is 5.76. The zero-order valence-electron chi connectivity index (χ0n) is 11.8. The van der Waals surface area contributed by atoms with Crippen molar-refractivity contribution in [2.75, 3.05) is 18.9 Å². The first-order valence-corrected chi connectivity index (χ1v) is 6.90. The number of amides is 2. The lowest BCUT2D eigenvalue weighted by Gasteiger charge is -2.17. The van der Waals surface area contributed by atoms with Crippen LogP contribution >= 0.6 is 11.6 Å². The lowest BCUT2D eigenvalue weighted by Crippen LogP contribution is -2.34. The lowest BCUT2D eigenvalue weighted by molar-refractivity contribution is -0.116. The van der Waals surface area contributed by atoms with Crippen LogP contribution in [0.4, 0.5) is 10.1 Å². The smallest absolute Gasteiger partial charge is 0.254 e. The van der Waals surface area contributed by atoms with E-state index in [0.29, 0.717) is 16.3 Å². The topological polar surface area (TPSA) is 49.4 Å². The van der Waals surface area contributed by atoms with Crippen molar-refractivity contribution >= 4 is 29.1 Å². The van der Waals surface area contributed by atoms with E-state index in [1.807, 2.05) is 0 Å². The van der Waals surface area contributed by atoms with E-state index < -0.39 is 5.82 Å². The summed E-state index contributed by atoms with van der Waals surface area (Å²) in [6, 6.07) is 11.8. The Bertz CT molecular complexity index is 672. The maximum atomic E-state index is 12.8. The maximum absolute atomic E-state index is 12.8. The van der Waals surface area contributed by atoms with Crippen LogP contribution in [0.15, 0.2) is 48.5 Å². The first-order chi connectivity index (χ1) is 10.5. The first kappa shape index (κ1) is 16.0. The molecule has 2 amide bonds. The van der Waals surface area contributed by atoms with Crippen LogP contribution in [0.2, 0.25) is 5.02 Å². The second-order valence-electron chi connectivity index (χ2n) is 4.72. The molecule has 0 aliphatic rings. The van der Waals surface area contributed by atoms with E-state index in [4.69, 9.17) is 11.6 Å². The molecule has 2 aromatic rings. The van der Waals surface area contributed by atoms with Crippen molar-refractivity contribution in [3.63, 3.8) is 0 Å². The number of benzene rings is 2. The molecule has 0 aromatic heterocycles. The fraction of sp³-hybridized carbons (Fsp3) is 0.125. The maximum Gasteiger partial charge on any atom is 0.254 e. The van der Waals surface area contributed by atoms with Crippen molar-refractivity contribution in [2.45, 2.75) is 0 Å². The predicted molar refractivity (Wildman–Crippen MR) is 83.4 cm³/mol. The lowest BCUT2D eigenvalue weighted by atomic mass is 10.2. The van der Waals surface area contributed by atoms with Crippen molar-refractivity contribution in [2.24, 2.45) is 0 Å². The van der Waals surface area contributed by atoms with E-state index in [1.54, 1.807) is 24.3 Å². The number of rotatable bonds is 4. The molecule has 0 fully saturated rings. The van der Waals surface area contributed by atoms with Gasteiger partial charge >= 0.3 is 0 Å².